The number of aryl methyl sites for hydroxylation is 2. The van der Waals surface area contributed by atoms with Crippen LogP contribution in [0.1, 0.15) is 38.3 Å². The summed E-state index contributed by atoms with van der Waals surface area (Å²) in [5, 5.41) is 0.698. The summed E-state index contributed by atoms with van der Waals surface area (Å²) in [6.07, 6.45) is 1.05. The molecule has 2 aromatic carbocycles. The van der Waals surface area contributed by atoms with Crippen LogP contribution in [0, 0.1) is 6.92 Å². The predicted octanol–water partition coefficient (Wildman–Crippen LogP) is 4.94. The molecule has 1 aliphatic heterocycles. The summed E-state index contributed by atoms with van der Waals surface area (Å²) >= 11 is 6.00. The molecule has 1 amide bonds. The lowest BCUT2D eigenvalue weighted by atomic mass is 9.92. The summed E-state index contributed by atoms with van der Waals surface area (Å²) in [4.78, 5) is 26.3. The molecule has 1 heterocycles. The Morgan fingerprint density at radius 1 is 1.15 bits per heavy atom. The van der Waals surface area contributed by atoms with Gasteiger partial charge in [0, 0.05) is 17.1 Å². The third-order valence-electron chi connectivity index (χ3n) is 4.49. The van der Waals surface area contributed by atoms with Crippen LogP contribution >= 0.6 is 11.6 Å². The molecule has 0 fully saturated rings. The molecule has 27 heavy (non-hydrogen) atoms. The van der Waals surface area contributed by atoms with E-state index >= 15 is 0 Å². The van der Waals surface area contributed by atoms with Crippen molar-refractivity contribution in [2.24, 2.45) is 0 Å². The summed E-state index contributed by atoms with van der Waals surface area (Å²) in [7, 11) is 0. The molecule has 0 atom stereocenters. The second-order valence-corrected chi connectivity index (χ2v) is 8.31. The maximum Gasteiger partial charge on any atom is 0.326 e. The zero-order valence-corrected chi connectivity index (χ0v) is 16.9. The molecule has 0 N–H and O–H groups in total. The fourth-order valence-corrected chi connectivity index (χ4v) is 3.44. The minimum absolute atomic E-state index is 0.0491. The van der Waals surface area contributed by atoms with Crippen molar-refractivity contribution < 1.29 is 14.3 Å². The molecule has 4 nitrogen and oxygen atoms in total. The van der Waals surface area contributed by atoms with Gasteiger partial charge in [0.25, 0.3) is 0 Å². The van der Waals surface area contributed by atoms with E-state index in [1.165, 1.54) is 0 Å². The Bertz CT molecular complexity index is 882. The van der Waals surface area contributed by atoms with Crippen molar-refractivity contribution >= 4 is 29.2 Å². The van der Waals surface area contributed by atoms with Crippen molar-refractivity contribution in [3.63, 3.8) is 0 Å². The maximum atomic E-state index is 12.5. The number of benzene rings is 2. The number of nitrogens with zero attached hydrogens (tertiary/aromatic N) is 1. The van der Waals surface area contributed by atoms with Crippen LogP contribution in [0.15, 0.2) is 36.4 Å². The second-order valence-electron chi connectivity index (χ2n) is 7.87. The van der Waals surface area contributed by atoms with Gasteiger partial charge in [0.1, 0.15) is 12.1 Å². The molecule has 0 bridgehead atoms. The van der Waals surface area contributed by atoms with E-state index in [4.69, 9.17) is 16.3 Å². The standard InChI is InChI=1S/C22H24ClNO3/c1-14-11-19-16(12-18(14)15-5-8-17(23)9-6-15)7-10-20(25)24(19)13-21(26)27-22(2,3)4/h5-6,8-9,11-12H,7,10,13H2,1-4H3. The molecule has 0 saturated carbocycles. The average molecular weight is 386 g/mol. The number of ether oxygens (including phenoxy) is 1. The Morgan fingerprint density at radius 2 is 1.81 bits per heavy atom. The van der Waals surface area contributed by atoms with Gasteiger partial charge in [-0.1, -0.05) is 23.7 Å². The summed E-state index contributed by atoms with van der Waals surface area (Å²) in [5.74, 6) is -0.449. The number of hydrogen-bond acceptors (Lipinski definition) is 3. The van der Waals surface area contributed by atoms with E-state index in [1.54, 1.807) is 4.90 Å². The fourth-order valence-electron chi connectivity index (χ4n) is 3.32. The van der Waals surface area contributed by atoms with E-state index in [-0.39, 0.29) is 12.5 Å². The van der Waals surface area contributed by atoms with Crippen LogP contribution in [0.2, 0.25) is 5.02 Å². The third-order valence-corrected chi connectivity index (χ3v) is 4.74. The van der Waals surface area contributed by atoms with Gasteiger partial charge in [-0.2, -0.15) is 0 Å². The summed E-state index contributed by atoms with van der Waals surface area (Å²) in [5.41, 5.74) is 4.51. The zero-order chi connectivity index (χ0) is 19.8. The first-order valence-electron chi connectivity index (χ1n) is 9.06. The first kappa shape index (κ1) is 19.4. The molecule has 142 valence electrons. The minimum atomic E-state index is -0.576. The highest BCUT2D eigenvalue weighted by molar-refractivity contribution is 6.30. The van der Waals surface area contributed by atoms with E-state index in [0.29, 0.717) is 17.9 Å². The number of fused-ring (bicyclic) bond motifs is 1. The molecule has 1 aliphatic rings. The van der Waals surface area contributed by atoms with E-state index in [2.05, 4.69) is 6.07 Å². The molecule has 0 unspecified atom stereocenters. The van der Waals surface area contributed by atoms with Crippen molar-refractivity contribution in [3.8, 4) is 11.1 Å². The van der Waals surface area contributed by atoms with Gasteiger partial charge < -0.3 is 9.64 Å². The van der Waals surface area contributed by atoms with Crippen molar-refractivity contribution in [3.05, 3.63) is 52.5 Å². The lowest BCUT2D eigenvalue weighted by molar-refractivity contribution is -0.153. The summed E-state index contributed by atoms with van der Waals surface area (Å²) in [6.45, 7) is 7.40. The van der Waals surface area contributed by atoms with Gasteiger partial charge in [0.05, 0.1) is 0 Å². The number of halogens is 1. The molecular weight excluding hydrogens is 362 g/mol. The van der Waals surface area contributed by atoms with Gasteiger partial charge in [0.15, 0.2) is 0 Å². The molecule has 0 aromatic heterocycles. The molecule has 0 saturated heterocycles. The van der Waals surface area contributed by atoms with Crippen LogP contribution in [0.4, 0.5) is 5.69 Å². The molecule has 0 aliphatic carbocycles. The highest BCUT2D eigenvalue weighted by atomic mass is 35.5. The van der Waals surface area contributed by atoms with Crippen molar-refractivity contribution in [2.45, 2.75) is 46.1 Å². The summed E-state index contributed by atoms with van der Waals surface area (Å²) < 4.78 is 5.39. The molecule has 2 aromatic rings. The Balaban J connectivity index is 1.93. The topological polar surface area (TPSA) is 46.6 Å². The van der Waals surface area contributed by atoms with Crippen LogP contribution in [0.5, 0.6) is 0 Å². The van der Waals surface area contributed by atoms with Crippen LogP contribution in [-0.4, -0.2) is 24.0 Å². The monoisotopic (exact) mass is 385 g/mol. The first-order valence-corrected chi connectivity index (χ1v) is 9.43. The third kappa shape index (κ3) is 4.51. The lowest BCUT2D eigenvalue weighted by Crippen LogP contribution is -2.41. The molecule has 0 spiro atoms. The van der Waals surface area contributed by atoms with E-state index in [0.717, 1.165) is 27.9 Å². The molecule has 5 heteroatoms. The number of anilines is 1. The number of rotatable bonds is 3. The maximum absolute atomic E-state index is 12.5. The number of esters is 1. The van der Waals surface area contributed by atoms with Gasteiger partial charge in [-0.25, -0.2) is 0 Å². The van der Waals surface area contributed by atoms with Gasteiger partial charge >= 0.3 is 5.97 Å². The Kier molecular flexibility index (Phi) is 5.29. The number of hydrogen-bond donors (Lipinski definition) is 0. The van der Waals surface area contributed by atoms with Crippen molar-refractivity contribution in [2.75, 3.05) is 11.4 Å². The van der Waals surface area contributed by atoms with Crippen molar-refractivity contribution in [1.29, 1.82) is 0 Å². The predicted molar refractivity (Wildman–Crippen MR) is 108 cm³/mol. The Hall–Kier alpha value is -2.33. The SMILES string of the molecule is Cc1cc2c(cc1-c1ccc(Cl)cc1)CCC(=O)N2CC(=O)OC(C)(C)C. The number of amides is 1. The minimum Gasteiger partial charge on any atom is -0.459 e. The largest absolute Gasteiger partial charge is 0.459 e. The fraction of sp³-hybridized carbons (Fsp3) is 0.364. The zero-order valence-electron chi connectivity index (χ0n) is 16.1. The second kappa shape index (κ2) is 7.35. The number of carbonyl (C=O) groups excluding carboxylic acids is 2. The van der Waals surface area contributed by atoms with Gasteiger partial charge in [-0.15, -0.1) is 0 Å². The van der Waals surface area contributed by atoms with E-state index in [1.807, 2.05) is 58.0 Å². The van der Waals surface area contributed by atoms with Crippen LogP contribution < -0.4 is 4.90 Å². The lowest BCUT2D eigenvalue weighted by Gasteiger charge is -2.31. The van der Waals surface area contributed by atoms with Crippen LogP contribution in [-0.2, 0) is 20.7 Å². The Morgan fingerprint density at radius 3 is 2.44 bits per heavy atom. The highest BCUT2D eigenvalue weighted by Gasteiger charge is 2.29. The van der Waals surface area contributed by atoms with E-state index in [9.17, 15) is 9.59 Å². The van der Waals surface area contributed by atoms with Gasteiger partial charge in [-0.3, -0.25) is 9.59 Å². The van der Waals surface area contributed by atoms with Gasteiger partial charge in [-0.05, 0) is 80.6 Å². The number of carbonyl (C=O) groups is 2. The first-order chi connectivity index (χ1) is 12.6. The Labute approximate surface area is 165 Å². The quantitative estimate of drug-likeness (QED) is 0.703. The molecule has 3 rings (SSSR count). The summed E-state index contributed by atoms with van der Waals surface area (Å²) in [6, 6.07) is 11.8. The normalized spacial score (nSPS) is 14.1. The van der Waals surface area contributed by atoms with E-state index < -0.39 is 11.6 Å². The van der Waals surface area contributed by atoms with Crippen molar-refractivity contribution in [1.82, 2.24) is 0 Å². The highest BCUT2D eigenvalue weighted by Crippen LogP contribution is 2.35. The molecule has 0 radical (unpaired) electrons. The van der Waals surface area contributed by atoms with Gasteiger partial charge in [0.2, 0.25) is 5.91 Å². The van der Waals surface area contributed by atoms with Crippen LogP contribution in [0.3, 0.4) is 0 Å². The smallest absolute Gasteiger partial charge is 0.326 e. The average Bonchev–Trinajstić information content (AvgIpc) is 2.56. The van der Waals surface area contributed by atoms with Crippen LogP contribution in [0.25, 0.3) is 11.1 Å². The molecular formula is C22H24ClNO3.